The Labute approximate surface area is 96.7 Å². The molecule has 0 aliphatic heterocycles. The summed E-state index contributed by atoms with van der Waals surface area (Å²) in [6, 6.07) is 3.89. The molecule has 3 heteroatoms. The van der Waals surface area contributed by atoms with Gasteiger partial charge in [0.2, 0.25) is 0 Å². The predicted molar refractivity (Wildman–Crippen MR) is 63.9 cm³/mol. The molecule has 0 bridgehead atoms. The average Bonchev–Trinajstić information content (AvgIpc) is 3.14. The van der Waals surface area contributed by atoms with Gasteiger partial charge >= 0.3 is 0 Å². The minimum Gasteiger partial charge on any atom is -0.392 e. The Morgan fingerprint density at radius 3 is 2.56 bits per heavy atom. The van der Waals surface area contributed by atoms with E-state index in [-0.39, 0.29) is 12.0 Å². The van der Waals surface area contributed by atoms with Crippen LogP contribution in [0, 0.1) is 11.8 Å². The fourth-order valence-corrected chi connectivity index (χ4v) is 2.35. The smallest absolute Gasteiger partial charge is 0.0649 e. The molecule has 16 heavy (non-hydrogen) atoms. The molecular formula is C13H20N2O. The Bertz CT molecular complexity index is 324. The lowest BCUT2D eigenvalue weighted by Crippen LogP contribution is -2.32. The maximum Gasteiger partial charge on any atom is 0.0649 e. The van der Waals surface area contributed by atoms with Gasteiger partial charge < -0.3 is 10.8 Å². The maximum absolute atomic E-state index is 10.3. The fraction of sp³-hybridized carbons (Fsp3) is 0.615. The van der Waals surface area contributed by atoms with Crippen molar-refractivity contribution in [3.8, 4) is 0 Å². The van der Waals surface area contributed by atoms with Crippen molar-refractivity contribution in [2.24, 2.45) is 17.6 Å². The van der Waals surface area contributed by atoms with Crippen molar-refractivity contribution < 1.29 is 5.11 Å². The molecule has 1 aromatic rings. The van der Waals surface area contributed by atoms with E-state index in [0.717, 1.165) is 5.56 Å². The normalized spacial score (nSPS) is 21.4. The summed E-state index contributed by atoms with van der Waals surface area (Å²) in [6.07, 6.45) is 5.69. The Balaban J connectivity index is 2.09. The molecule has 0 spiro atoms. The summed E-state index contributed by atoms with van der Waals surface area (Å²) >= 11 is 0. The minimum atomic E-state index is -0.333. The quantitative estimate of drug-likeness (QED) is 0.791. The maximum atomic E-state index is 10.3. The lowest BCUT2D eigenvalue weighted by atomic mass is 9.85. The van der Waals surface area contributed by atoms with Gasteiger partial charge in [0.1, 0.15) is 0 Å². The Morgan fingerprint density at radius 2 is 2.06 bits per heavy atom. The lowest BCUT2D eigenvalue weighted by Gasteiger charge is -2.27. The Hall–Kier alpha value is -0.930. The van der Waals surface area contributed by atoms with Crippen LogP contribution in [-0.4, -0.2) is 22.7 Å². The van der Waals surface area contributed by atoms with Gasteiger partial charge in [-0.25, -0.2) is 0 Å². The van der Waals surface area contributed by atoms with Gasteiger partial charge in [-0.05, 0) is 42.4 Å². The molecule has 2 rings (SSSR count). The monoisotopic (exact) mass is 220 g/mol. The van der Waals surface area contributed by atoms with Crippen LogP contribution in [0.15, 0.2) is 24.5 Å². The third-order valence-electron chi connectivity index (χ3n) is 3.70. The van der Waals surface area contributed by atoms with E-state index in [9.17, 15) is 5.11 Å². The highest BCUT2D eigenvalue weighted by atomic mass is 16.3. The van der Waals surface area contributed by atoms with Crippen LogP contribution < -0.4 is 5.73 Å². The van der Waals surface area contributed by atoms with Crippen LogP contribution >= 0.6 is 0 Å². The number of rotatable bonds is 5. The topological polar surface area (TPSA) is 59.1 Å². The van der Waals surface area contributed by atoms with Gasteiger partial charge in [-0.15, -0.1) is 0 Å². The molecule has 1 heterocycles. The molecule has 3 atom stereocenters. The minimum absolute atomic E-state index is 0.0404. The molecule has 1 aromatic heterocycles. The molecule has 1 saturated carbocycles. The highest BCUT2D eigenvalue weighted by molar-refractivity contribution is 5.18. The molecule has 1 aliphatic rings. The van der Waals surface area contributed by atoms with Crippen LogP contribution in [0.5, 0.6) is 0 Å². The van der Waals surface area contributed by atoms with Gasteiger partial charge in [0.25, 0.3) is 0 Å². The van der Waals surface area contributed by atoms with E-state index in [4.69, 9.17) is 5.73 Å². The van der Waals surface area contributed by atoms with E-state index in [1.54, 1.807) is 12.4 Å². The number of nitrogens with two attached hydrogens (primary N) is 1. The summed E-state index contributed by atoms with van der Waals surface area (Å²) in [5.74, 6) is 1.09. The van der Waals surface area contributed by atoms with Crippen LogP contribution in [0.1, 0.15) is 31.2 Å². The van der Waals surface area contributed by atoms with Crippen LogP contribution in [0.2, 0.25) is 0 Å². The van der Waals surface area contributed by atoms with E-state index >= 15 is 0 Å². The Kier molecular flexibility index (Phi) is 3.56. The SMILES string of the molecule is CC(C1CC1)C(O)C(CN)c1ccncc1. The summed E-state index contributed by atoms with van der Waals surface area (Å²) in [7, 11) is 0. The summed E-state index contributed by atoms with van der Waals surface area (Å²) < 4.78 is 0. The van der Waals surface area contributed by atoms with Crippen LogP contribution in [0.3, 0.4) is 0 Å². The summed E-state index contributed by atoms with van der Waals surface area (Å²) in [5.41, 5.74) is 6.88. The third kappa shape index (κ3) is 2.42. The molecule has 1 aliphatic carbocycles. The molecule has 0 saturated heterocycles. The first-order valence-corrected chi connectivity index (χ1v) is 6.02. The van der Waals surface area contributed by atoms with Crippen LogP contribution in [0.25, 0.3) is 0 Å². The molecular weight excluding hydrogens is 200 g/mol. The van der Waals surface area contributed by atoms with E-state index in [1.165, 1.54) is 12.8 Å². The van der Waals surface area contributed by atoms with Crippen molar-refractivity contribution in [1.82, 2.24) is 4.98 Å². The highest BCUT2D eigenvalue weighted by Crippen LogP contribution is 2.41. The first-order valence-electron chi connectivity index (χ1n) is 6.02. The average molecular weight is 220 g/mol. The Morgan fingerprint density at radius 1 is 1.44 bits per heavy atom. The van der Waals surface area contributed by atoms with Crippen molar-refractivity contribution >= 4 is 0 Å². The zero-order valence-corrected chi connectivity index (χ0v) is 9.71. The van der Waals surface area contributed by atoms with Gasteiger partial charge in [-0.1, -0.05) is 6.92 Å². The number of aliphatic hydroxyl groups is 1. The molecule has 0 amide bonds. The largest absolute Gasteiger partial charge is 0.392 e. The van der Waals surface area contributed by atoms with Crippen molar-refractivity contribution in [3.63, 3.8) is 0 Å². The first-order chi connectivity index (χ1) is 7.74. The number of nitrogens with zero attached hydrogens (tertiary/aromatic N) is 1. The van der Waals surface area contributed by atoms with Gasteiger partial charge in [0, 0.05) is 24.9 Å². The zero-order chi connectivity index (χ0) is 11.5. The van der Waals surface area contributed by atoms with Crippen molar-refractivity contribution in [2.45, 2.75) is 31.8 Å². The van der Waals surface area contributed by atoms with E-state index in [2.05, 4.69) is 11.9 Å². The number of pyridine rings is 1. The summed E-state index contributed by atoms with van der Waals surface area (Å²) in [4.78, 5) is 3.99. The predicted octanol–water partition coefficient (Wildman–Crippen LogP) is 1.53. The summed E-state index contributed by atoms with van der Waals surface area (Å²) in [5, 5.41) is 10.3. The number of aliphatic hydroxyl groups excluding tert-OH is 1. The van der Waals surface area contributed by atoms with Gasteiger partial charge in [0.15, 0.2) is 0 Å². The first kappa shape index (κ1) is 11.6. The number of hydrogen-bond acceptors (Lipinski definition) is 3. The second-order valence-electron chi connectivity index (χ2n) is 4.81. The third-order valence-corrected chi connectivity index (χ3v) is 3.70. The second-order valence-corrected chi connectivity index (χ2v) is 4.81. The number of hydrogen-bond donors (Lipinski definition) is 2. The molecule has 3 unspecified atom stereocenters. The zero-order valence-electron chi connectivity index (χ0n) is 9.71. The van der Waals surface area contributed by atoms with Gasteiger partial charge in [-0.3, -0.25) is 4.98 Å². The molecule has 0 aromatic carbocycles. The van der Waals surface area contributed by atoms with Crippen molar-refractivity contribution in [1.29, 1.82) is 0 Å². The molecule has 0 radical (unpaired) electrons. The van der Waals surface area contributed by atoms with Gasteiger partial charge in [-0.2, -0.15) is 0 Å². The molecule has 88 valence electrons. The van der Waals surface area contributed by atoms with Crippen molar-refractivity contribution in [2.75, 3.05) is 6.54 Å². The van der Waals surface area contributed by atoms with Crippen LogP contribution in [0.4, 0.5) is 0 Å². The van der Waals surface area contributed by atoms with Crippen molar-refractivity contribution in [3.05, 3.63) is 30.1 Å². The molecule has 3 N–H and O–H groups in total. The molecule has 3 nitrogen and oxygen atoms in total. The lowest BCUT2D eigenvalue weighted by molar-refractivity contribution is 0.0801. The standard InChI is InChI=1S/C13H20N2O/c1-9(10-2-3-10)13(16)12(8-14)11-4-6-15-7-5-11/h4-7,9-10,12-13,16H,2-3,8,14H2,1H3. The van der Waals surface area contributed by atoms with Gasteiger partial charge in [0.05, 0.1) is 6.10 Å². The fourth-order valence-electron chi connectivity index (χ4n) is 2.35. The van der Waals surface area contributed by atoms with E-state index < -0.39 is 0 Å². The van der Waals surface area contributed by atoms with E-state index in [1.807, 2.05) is 12.1 Å². The molecule has 1 fully saturated rings. The highest BCUT2D eigenvalue weighted by Gasteiger charge is 2.36. The summed E-state index contributed by atoms with van der Waals surface area (Å²) in [6.45, 7) is 2.62. The van der Waals surface area contributed by atoms with Crippen LogP contribution in [-0.2, 0) is 0 Å². The number of aromatic nitrogens is 1. The second kappa shape index (κ2) is 4.93. The van der Waals surface area contributed by atoms with E-state index in [0.29, 0.717) is 18.4 Å².